The predicted octanol–water partition coefficient (Wildman–Crippen LogP) is -0.280. The fourth-order valence-corrected chi connectivity index (χ4v) is 1.98. The monoisotopic (exact) mass is 331 g/mol. The molecule has 23 heavy (non-hydrogen) atoms. The van der Waals surface area contributed by atoms with Crippen LogP contribution in [0.25, 0.3) is 0 Å². The van der Waals surface area contributed by atoms with E-state index in [0.717, 1.165) is 19.6 Å². The Labute approximate surface area is 139 Å². The van der Waals surface area contributed by atoms with E-state index in [1.807, 2.05) is 0 Å². The summed E-state index contributed by atoms with van der Waals surface area (Å²) in [4.78, 5) is 25.6. The van der Waals surface area contributed by atoms with Gasteiger partial charge in [-0.15, -0.1) is 0 Å². The van der Waals surface area contributed by atoms with Gasteiger partial charge in [0.1, 0.15) is 6.10 Å². The average Bonchev–Trinajstić information content (AvgIpc) is 2.54. The maximum atomic E-state index is 11.7. The Morgan fingerprint density at radius 2 is 1.74 bits per heavy atom. The van der Waals surface area contributed by atoms with Gasteiger partial charge >= 0.3 is 0 Å². The summed E-state index contributed by atoms with van der Waals surface area (Å²) < 4.78 is 0. The van der Waals surface area contributed by atoms with Gasteiger partial charge in [0.2, 0.25) is 11.8 Å². The lowest BCUT2D eigenvalue weighted by atomic mass is 9.87. The summed E-state index contributed by atoms with van der Waals surface area (Å²) in [5.41, 5.74) is -0.883. The molecule has 4 N–H and O–H groups in total. The van der Waals surface area contributed by atoms with Gasteiger partial charge in [-0.05, 0) is 19.5 Å². The van der Waals surface area contributed by atoms with Crippen molar-refractivity contribution in [3.8, 4) is 0 Å². The van der Waals surface area contributed by atoms with Crippen molar-refractivity contribution < 1.29 is 19.8 Å². The molecule has 0 fully saturated rings. The third-order valence-corrected chi connectivity index (χ3v) is 3.92. The largest absolute Gasteiger partial charge is 0.396 e. The highest BCUT2D eigenvalue weighted by atomic mass is 16.3. The van der Waals surface area contributed by atoms with E-state index in [1.165, 1.54) is 0 Å². The van der Waals surface area contributed by atoms with E-state index in [1.54, 1.807) is 13.8 Å². The van der Waals surface area contributed by atoms with Crippen LogP contribution in [0.15, 0.2) is 0 Å². The predicted molar refractivity (Wildman–Crippen MR) is 89.9 cm³/mol. The van der Waals surface area contributed by atoms with Gasteiger partial charge in [0, 0.05) is 31.5 Å². The Balaban J connectivity index is 3.83. The number of hydrogen-bond acceptors (Lipinski definition) is 5. The first kappa shape index (κ1) is 21.8. The van der Waals surface area contributed by atoms with Gasteiger partial charge in [-0.1, -0.05) is 27.7 Å². The maximum Gasteiger partial charge on any atom is 0.249 e. The number of carbonyl (C=O) groups is 2. The Hall–Kier alpha value is -1.18. The van der Waals surface area contributed by atoms with Gasteiger partial charge in [0.25, 0.3) is 0 Å². The van der Waals surface area contributed by atoms with E-state index in [0.29, 0.717) is 25.9 Å². The van der Waals surface area contributed by atoms with Crippen molar-refractivity contribution in [2.24, 2.45) is 5.41 Å². The molecule has 0 aromatic heterocycles. The van der Waals surface area contributed by atoms with Crippen LogP contribution in [-0.4, -0.2) is 72.4 Å². The summed E-state index contributed by atoms with van der Waals surface area (Å²) in [6, 6.07) is 0. The van der Waals surface area contributed by atoms with Crippen LogP contribution in [0.4, 0.5) is 0 Å². The second-order valence-electron chi connectivity index (χ2n) is 6.32. The second kappa shape index (κ2) is 11.4. The van der Waals surface area contributed by atoms with Crippen molar-refractivity contribution in [2.45, 2.75) is 46.6 Å². The van der Waals surface area contributed by atoms with Gasteiger partial charge in [-0.2, -0.15) is 0 Å². The lowest BCUT2D eigenvalue weighted by molar-refractivity contribution is -0.137. The van der Waals surface area contributed by atoms with Crippen LogP contribution in [0.2, 0.25) is 0 Å². The minimum Gasteiger partial charge on any atom is -0.396 e. The fraction of sp³-hybridized carbons (Fsp3) is 0.875. The van der Waals surface area contributed by atoms with Crippen LogP contribution >= 0.6 is 0 Å². The fourth-order valence-electron chi connectivity index (χ4n) is 1.98. The smallest absolute Gasteiger partial charge is 0.249 e. The Bertz CT molecular complexity index is 357. The van der Waals surface area contributed by atoms with Gasteiger partial charge in [0.15, 0.2) is 0 Å². The molecule has 0 unspecified atom stereocenters. The van der Waals surface area contributed by atoms with Crippen molar-refractivity contribution in [1.29, 1.82) is 0 Å². The molecule has 0 rings (SSSR count). The molecule has 2 amide bonds. The van der Waals surface area contributed by atoms with Crippen LogP contribution < -0.4 is 10.6 Å². The van der Waals surface area contributed by atoms with E-state index >= 15 is 0 Å². The molecule has 0 spiro atoms. The zero-order valence-electron chi connectivity index (χ0n) is 14.9. The van der Waals surface area contributed by atoms with Crippen LogP contribution in [0.1, 0.15) is 40.5 Å². The molecule has 0 heterocycles. The van der Waals surface area contributed by atoms with Crippen molar-refractivity contribution in [1.82, 2.24) is 15.5 Å². The number of amides is 2. The third-order valence-electron chi connectivity index (χ3n) is 3.92. The molecule has 0 aromatic rings. The number of hydrogen-bond donors (Lipinski definition) is 4. The molecular weight excluding hydrogens is 298 g/mol. The lowest BCUT2D eigenvalue weighted by Crippen LogP contribution is -2.45. The number of nitrogens with one attached hydrogen (secondary N) is 2. The first-order valence-electron chi connectivity index (χ1n) is 8.34. The zero-order chi connectivity index (χ0) is 17.9. The first-order chi connectivity index (χ1) is 10.8. The zero-order valence-corrected chi connectivity index (χ0v) is 14.9. The molecule has 0 aromatic carbocycles. The van der Waals surface area contributed by atoms with E-state index in [4.69, 9.17) is 5.11 Å². The number of rotatable bonds is 12. The number of aliphatic hydroxyl groups is 2. The Morgan fingerprint density at radius 1 is 1.13 bits per heavy atom. The highest BCUT2D eigenvalue weighted by molar-refractivity contribution is 5.81. The van der Waals surface area contributed by atoms with Gasteiger partial charge in [-0.3, -0.25) is 9.59 Å². The van der Waals surface area contributed by atoms with Crippen LogP contribution in [0.3, 0.4) is 0 Å². The minimum atomic E-state index is -1.27. The van der Waals surface area contributed by atoms with E-state index in [9.17, 15) is 14.7 Å². The molecular formula is C16H33N3O4. The highest BCUT2D eigenvalue weighted by Gasteiger charge is 2.32. The third kappa shape index (κ3) is 8.88. The minimum absolute atomic E-state index is 0.0392. The second-order valence-corrected chi connectivity index (χ2v) is 6.32. The maximum absolute atomic E-state index is 11.7. The summed E-state index contributed by atoms with van der Waals surface area (Å²) in [5.74, 6) is -0.561. The summed E-state index contributed by atoms with van der Waals surface area (Å²) in [5, 5.41) is 24.4. The van der Waals surface area contributed by atoms with E-state index in [2.05, 4.69) is 29.4 Å². The normalized spacial score (nSPS) is 13.0. The van der Waals surface area contributed by atoms with Crippen molar-refractivity contribution in [2.75, 3.05) is 39.3 Å². The van der Waals surface area contributed by atoms with Crippen LogP contribution in [-0.2, 0) is 9.59 Å². The number of nitrogens with zero attached hydrogens (tertiary/aromatic N) is 1. The molecule has 0 aliphatic heterocycles. The van der Waals surface area contributed by atoms with Crippen molar-refractivity contribution in [3.05, 3.63) is 0 Å². The molecule has 0 bridgehead atoms. The summed E-state index contributed by atoms with van der Waals surface area (Å²) >= 11 is 0. The number of likely N-dealkylation sites (N-methyl/N-ethyl adjacent to an activating group) is 1. The number of aliphatic hydroxyl groups excluding tert-OH is 2. The molecule has 7 nitrogen and oxygen atoms in total. The SMILES string of the molecule is CCN(CC)CCNC(=O)CCCNC(=O)[C@H](O)C(C)(C)CO. The number of carbonyl (C=O) groups excluding carboxylic acids is 2. The Kier molecular flexibility index (Phi) is 10.8. The topological polar surface area (TPSA) is 102 Å². The molecule has 0 radical (unpaired) electrons. The van der Waals surface area contributed by atoms with Crippen molar-refractivity contribution in [3.63, 3.8) is 0 Å². The molecule has 0 saturated heterocycles. The molecule has 0 saturated carbocycles. The van der Waals surface area contributed by atoms with Gasteiger partial charge in [0.05, 0.1) is 6.61 Å². The molecule has 136 valence electrons. The standard InChI is InChI=1S/C16H33N3O4/c1-5-19(6-2)11-10-17-13(21)8-7-9-18-15(23)14(22)16(3,4)12-20/h14,20,22H,5-12H2,1-4H3,(H,17,21)(H,18,23)/t14-/m0/s1. The van der Waals surface area contributed by atoms with Gasteiger partial charge < -0.3 is 25.7 Å². The summed E-state index contributed by atoms with van der Waals surface area (Å²) in [6.07, 6.45) is -0.428. The highest BCUT2D eigenvalue weighted by Crippen LogP contribution is 2.19. The molecule has 7 heteroatoms. The van der Waals surface area contributed by atoms with E-state index < -0.39 is 17.4 Å². The van der Waals surface area contributed by atoms with E-state index in [-0.39, 0.29) is 12.5 Å². The van der Waals surface area contributed by atoms with Crippen LogP contribution in [0, 0.1) is 5.41 Å². The first-order valence-corrected chi connectivity index (χ1v) is 8.34. The molecule has 0 aliphatic rings. The Morgan fingerprint density at radius 3 is 2.26 bits per heavy atom. The van der Waals surface area contributed by atoms with Crippen molar-refractivity contribution >= 4 is 11.8 Å². The molecule has 0 aliphatic carbocycles. The average molecular weight is 331 g/mol. The summed E-state index contributed by atoms with van der Waals surface area (Å²) in [7, 11) is 0. The summed E-state index contributed by atoms with van der Waals surface area (Å²) in [6.45, 7) is 10.8. The quantitative estimate of drug-likeness (QED) is 0.369. The van der Waals surface area contributed by atoms with Crippen LogP contribution in [0.5, 0.6) is 0 Å². The molecule has 1 atom stereocenters. The lowest BCUT2D eigenvalue weighted by Gasteiger charge is -2.27. The van der Waals surface area contributed by atoms with Gasteiger partial charge in [-0.25, -0.2) is 0 Å².